The quantitative estimate of drug-likeness (QED) is 0.378. The third-order valence-electron chi connectivity index (χ3n) is 6.42. The number of aliphatic imine (C=N–C) groups is 1. The number of aromatic nitrogens is 3. The minimum atomic E-state index is -0.298. The van der Waals surface area contributed by atoms with Gasteiger partial charge in [0.2, 0.25) is 5.91 Å². The summed E-state index contributed by atoms with van der Waals surface area (Å²) in [6.45, 7) is 5.07. The average molecular weight is 461 g/mol. The van der Waals surface area contributed by atoms with Crippen molar-refractivity contribution >= 4 is 45.7 Å². The van der Waals surface area contributed by atoms with Crippen molar-refractivity contribution in [3.63, 3.8) is 0 Å². The van der Waals surface area contributed by atoms with Gasteiger partial charge in [0, 0.05) is 54.3 Å². The van der Waals surface area contributed by atoms with Gasteiger partial charge in [-0.05, 0) is 31.0 Å². The van der Waals surface area contributed by atoms with Gasteiger partial charge in [-0.15, -0.1) is 0 Å². The fourth-order valence-corrected chi connectivity index (χ4v) is 3.93. The van der Waals surface area contributed by atoms with Crippen LogP contribution in [0.25, 0.3) is 10.8 Å². The van der Waals surface area contributed by atoms with Gasteiger partial charge in [-0.25, -0.2) is 19.9 Å². The number of anilines is 3. The van der Waals surface area contributed by atoms with Gasteiger partial charge in [0.05, 0.1) is 25.1 Å². The van der Waals surface area contributed by atoms with E-state index in [4.69, 9.17) is 10.5 Å². The molecule has 2 fully saturated rings. The summed E-state index contributed by atoms with van der Waals surface area (Å²) in [7, 11) is 1.79. The Balaban J connectivity index is 1.45. The molecule has 1 amide bonds. The SMILES string of the molecule is CNc1ncc(C(N)=Nc2ccc(N3CCOCC3)cn2)c2cc(NC(=O)C3(C)CC3)ncc12. The second kappa shape index (κ2) is 8.86. The number of nitrogens with zero attached hydrogens (tertiary/aromatic N) is 5. The van der Waals surface area contributed by atoms with Crippen LogP contribution in [0.3, 0.4) is 0 Å². The first-order valence-corrected chi connectivity index (χ1v) is 11.4. The molecule has 176 valence electrons. The number of carbonyl (C=O) groups excluding carboxylic acids is 1. The molecule has 10 nitrogen and oxygen atoms in total. The topological polar surface area (TPSA) is 131 Å². The van der Waals surface area contributed by atoms with Crippen LogP contribution in [-0.4, -0.2) is 60.0 Å². The predicted octanol–water partition coefficient (Wildman–Crippen LogP) is 2.68. The smallest absolute Gasteiger partial charge is 0.231 e. The van der Waals surface area contributed by atoms with Gasteiger partial charge in [-0.3, -0.25) is 4.79 Å². The fraction of sp³-hybridized carbons (Fsp3) is 0.375. The molecule has 3 aromatic heterocycles. The van der Waals surface area contributed by atoms with E-state index < -0.39 is 0 Å². The molecule has 4 N–H and O–H groups in total. The Kier molecular flexibility index (Phi) is 5.74. The third kappa shape index (κ3) is 4.36. The van der Waals surface area contributed by atoms with Gasteiger partial charge in [0.1, 0.15) is 17.5 Å². The first kappa shape index (κ1) is 22.0. The molecule has 0 atom stereocenters. The van der Waals surface area contributed by atoms with Crippen molar-refractivity contribution in [3.8, 4) is 0 Å². The summed E-state index contributed by atoms with van der Waals surface area (Å²) in [6, 6.07) is 5.65. The summed E-state index contributed by atoms with van der Waals surface area (Å²) >= 11 is 0. The fourth-order valence-electron chi connectivity index (χ4n) is 3.93. The van der Waals surface area contributed by atoms with Crippen LogP contribution in [0.4, 0.5) is 23.1 Å². The zero-order valence-corrected chi connectivity index (χ0v) is 19.3. The van der Waals surface area contributed by atoms with Crippen molar-refractivity contribution in [2.24, 2.45) is 16.1 Å². The van der Waals surface area contributed by atoms with Gasteiger partial charge in [0.25, 0.3) is 0 Å². The monoisotopic (exact) mass is 460 g/mol. The van der Waals surface area contributed by atoms with E-state index in [0.29, 0.717) is 36.2 Å². The molecule has 1 saturated heterocycles. The van der Waals surface area contributed by atoms with Crippen LogP contribution >= 0.6 is 0 Å². The number of amides is 1. The van der Waals surface area contributed by atoms with E-state index in [-0.39, 0.29) is 17.2 Å². The van der Waals surface area contributed by atoms with Gasteiger partial charge in [-0.1, -0.05) is 6.92 Å². The maximum Gasteiger partial charge on any atom is 0.231 e. The molecule has 1 aliphatic heterocycles. The molecule has 10 heteroatoms. The van der Waals surface area contributed by atoms with E-state index in [9.17, 15) is 4.79 Å². The zero-order valence-electron chi connectivity index (χ0n) is 19.3. The number of nitrogens with two attached hydrogens (primary N) is 1. The van der Waals surface area contributed by atoms with Crippen molar-refractivity contribution in [1.29, 1.82) is 0 Å². The Bertz CT molecular complexity index is 1250. The van der Waals surface area contributed by atoms with E-state index in [1.807, 2.05) is 25.1 Å². The van der Waals surface area contributed by atoms with Crippen molar-refractivity contribution in [2.75, 3.05) is 48.9 Å². The number of hydrogen-bond donors (Lipinski definition) is 3. The molecule has 1 saturated carbocycles. The molecule has 3 aromatic rings. The Hall–Kier alpha value is -3.79. The first-order valence-electron chi connectivity index (χ1n) is 11.4. The molecule has 2 aliphatic rings. The highest BCUT2D eigenvalue weighted by Crippen LogP contribution is 2.45. The Labute approximate surface area is 197 Å². The van der Waals surface area contributed by atoms with Crippen LogP contribution in [0, 0.1) is 5.41 Å². The number of amidine groups is 1. The molecule has 34 heavy (non-hydrogen) atoms. The van der Waals surface area contributed by atoms with Gasteiger partial charge >= 0.3 is 0 Å². The van der Waals surface area contributed by atoms with Gasteiger partial charge in [0.15, 0.2) is 5.82 Å². The maximum absolute atomic E-state index is 12.5. The average Bonchev–Trinajstić information content (AvgIpc) is 3.63. The lowest BCUT2D eigenvalue weighted by molar-refractivity contribution is -0.120. The van der Waals surface area contributed by atoms with Crippen molar-refractivity contribution in [3.05, 3.63) is 42.4 Å². The Morgan fingerprint density at radius 3 is 2.59 bits per heavy atom. The number of carbonyl (C=O) groups is 1. The van der Waals surface area contributed by atoms with Crippen molar-refractivity contribution in [1.82, 2.24) is 15.0 Å². The second-order valence-corrected chi connectivity index (χ2v) is 8.87. The molecule has 0 radical (unpaired) electrons. The van der Waals surface area contributed by atoms with Crippen molar-refractivity contribution in [2.45, 2.75) is 19.8 Å². The summed E-state index contributed by atoms with van der Waals surface area (Å²) in [4.78, 5) is 32.6. The minimum Gasteiger partial charge on any atom is -0.383 e. The number of fused-ring (bicyclic) bond motifs is 1. The molecule has 5 rings (SSSR count). The number of rotatable bonds is 6. The zero-order chi connectivity index (χ0) is 23.7. The number of pyridine rings is 3. The van der Waals surface area contributed by atoms with Crippen LogP contribution in [0.5, 0.6) is 0 Å². The molecule has 0 bridgehead atoms. The highest BCUT2D eigenvalue weighted by molar-refractivity contribution is 6.12. The van der Waals surface area contributed by atoms with Gasteiger partial charge in [-0.2, -0.15) is 0 Å². The normalized spacial score (nSPS) is 17.5. The van der Waals surface area contributed by atoms with E-state index in [0.717, 1.165) is 42.4 Å². The predicted molar refractivity (Wildman–Crippen MR) is 133 cm³/mol. The lowest BCUT2D eigenvalue weighted by Gasteiger charge is -2.28. The summed E-state index contributed by atoms with van der Waals surface area (Å²) < 4.78 is 5.41. The standard InChI is InChI=1S/C24H28N8O2/c1-24(5-6-24)23(33)31-20-11-16-17(13-29-22(26-2)18(16)14-28-20)21(25)30-19-4-3-15(12-27-19)32-7-9-34-10-8-32/h3-4,11-14H,5-10H2,1-2H3,(H,26,29)(H2,25,27,30)(H,28,31,33). The van der Waals surface area contributed by atoms with Gasteiger partial charge < -0.3 is 26.0 Å². The van der Waals surface area contributed by atoms with Crippen LogP contribution in [-0.2, 0) is 9.53 Å². The summed E-state index contributed by atoms with van der Waals surface area (Å²) in [5.74, 6) is 1.91. The van der Waals surface area contributed by atoms with E-state index in [2.05, 4.69) is 35.5 Å². The Morgan fingerprint density at radius 2 is 1.91 bits per heavy atom. The van der Waals surface area contributed by atoms with E-state index in [1.54, 1.807) is 25.6 Å². The minimum absolute atomic E-state index is 0.0185. The molecular weight excluding hydrogens is 432 g/mol. The number of morpholine rings is 1. The number of nitrogens with one attached hydrogen (secondary N) is 2. The largest absolute Gasteiger partial charge is 0.383 e. The highest BCUT2D eigenvalue weighted by Gasteiger charge is 2.45. The molecule has 0 unspecified atom stereocenters. The van der Waals surface area contributed by atoms with Crippen LogP contribution in [0.2, 0.25) is 0 Å². The lowest BCUT2D eigenvalue weighted by Crippen LogP contribution is -2.36. The molecular formula is C24H28N8O2. The summed E-state index contributed by atoms with van der Waals surface area (Å²) in [5.41, 5.74) is 7.78. The van der Waals surface area contributed by atoms with E-state index in [1.165, 1.54) is 0 Å². The summed E-state index contributed by atoms with van der Waals surface area (Å²) in [6.07, 6.45) is 6.94. The lowest BCUT2D eigenvalue weighted by atomic mass is 10.1. The molecule has 1 aliphatic carbocycles. The summed E-state index contributed by atoms with van der Waals surface area (Å²) in [5, 5.41) is 7.57. The Morgan fingerprint density at radius 1 is 1.12 bits per heavy atom. The first-order chi connectivity index (χ1) is 16.5. The van der Waals surface area contributed by atoms with Crippen LogP contribution in [0.15, 0.2) is 41.8 Å². The maximum atomic E-state index is 12.5. The van der Waals surface area contributed by atoms with Crippen LogP contribution < -0.4 is 21.3 Å². The second-order valence-electron chi connectivity index (χ2n) is 8.87. The number of hydrogen-bond acceptors (Lipinski definition) is 8. The third-order valence-corrected chi connectivity index (χ3v) is 6.42. The van der Waals surface area contributed by atoms with Crippen LogP contribution in [0.1, 0.15) is 25.3 Å². The number of ether oxygens (including phenoxy) is 1. The highest BCUT2D eigenvalue weighted by atomic mass is 16.5. The van der Waals surface area contributed by atoms with Crippen molar-refractivity contribution < 1.29 is 9.53 Å². The molecule has 0 spiro atoms. The van der Waals surface area contributed by atoms with E-state index >= 15 is 0 Å². The molecule has 4 heterocycles. The molecule has 0 aromatic carbocycles.